The maximum Gasteiger partial charge on any atom is 0.328 e. The molecular formula is C25H24N4O7S. The van der Waals surface area contributed by atoms with Crippen LogP contribution in [0.4, 0.5) is 0 Å². The molecule has 3 N–H and O–H groups in total. The minimum Gasteiger partial charge on any atom is -0.457 e. The van der Waals surface area contributed by atoms with E-state index in [4.69, 9.17) is 4.74 Å². The number of rotatable bonds is 9. The lowest BCUT2D eigenvalue weighted by Crippen LogP contribution is -2.48. The van der Waals surface area contributed by atoms with E-state index in [1.165, 1.54) is 36.8 Å². The lowest BCUT2D eigenvalue weighted by molar-refractivity contribution is -0.133. The predicted molar refractivity (Wildman–Crippen MR) is 135 cm³/mol. The first-order chi connectivity index (χ1) is 17.7. The molecule has 4 aromatic rings. The number of hydroxylamine groups is 1. The van der Waals surface area contributed by atoms with Crippen LogP contribution >= 0.6 is 0 Å². The third-order valence-corrected chi connectivity index (χ3v) is 7.73. The number of aromatic nitrogens is 2. The van der Waals surface area contributed by atoms with Crippen LogP contribution in [0, 0.1) is 0 Å². The zero-order chi connectivity index (χ0) is 26.6. The van der Waals surface area contributed by atoms with Gasteiger partial charge < -0.3 is 9.72 Å². The Bertz CT molecular complexity index is 1630. The zero-order valence-corrected chi connectivity index (χ0v) is 20.5. The van der Waals surface area contributed by atoms with Gasteiger partial charge in [0.15, 0.2) is 0 Å². The Morgan fingerprint density at radius 2 is 1.62 bits per heavy atom. The number of aromatic amines is 1. The Balaban J connectivity index is 1.57. The normalized spacial score (nSPS) is 12.4. The van der Waals surface area contributed by atoms with Gasteiger partial charge in [0.25, 0.3) is 11.5 Å². The van der Waals surface area contributed by atoms with E-state index >= 15 is 0 Å². The molecule has 1 aromatic heterocycles. The van der Waals surface area contributed by atoms with Gasteiger partial charge in [-0.25, -0.2) is 18.7 Å². The van der Waals surface area contributed by atoms with Crippen LogP contribution in [-0.4, -0.2) is 46.5 Å². The second-order valence-corrected chi connectivity index (χ2v) is 10.1. The van der Waals surface area contributed by atoms with Crippen LogP contribution < -0.4 is 21.5 Å². The smallest absolute Gasteiger partial charge is 0.328 e. The van der Waals surface area contributed by atoms with E-state index in [2.05, 4.69) is 4.98 Å². The maximum absolute atomic E-state index is 13.3. The summed E-state index contributed by atoms with van der Waals surface area (Å²) in [6.45, 7) is -0.277. The molecule has 0 aliphatic heterocycles. The summed E-state index contributed by atoms with van der Waals surface area (Å²) in [4.78, 5) is 40.2. The molecule has 1 atom stereocenters. The van der Waals surface area contributed by atoms with Gasteiger partial charge in [-0.1, -0.05) is 30.3 Å². The number of ether oxygens (including phenoxy) is 1. The first-order valence-corrected chi connectivity index (χ1v) is 12.6. The molecule has 0 saturated heterocycles. The van der Waals surface area contributed by atoms with Crippen molar-refractivity contribution in [2.45, 2.75) is 23.9 Å². The standard InChI is InChI=1S/C25H24N4O7S/c1-28(37(34,35)19-13-11-18(12-14-19)36-17-7-3-2-4-8-17)22(23(30)27-33)15-16-29-24(31)20-9-5-6-10-21(20)26-25(29)32/h2-14,22,33H,15-16H2,1H3,(H,26,32)(H,27,30). The summed E-state index contributed by atoms with van der Waals surface area (Å²) < 4.78 is 33.9. The van der Waals surface area contributed by atoms with E-state index in [0.29, 0.717) is 17.0 Å². The molecule has 4 rings (SSSR count). The summed E-state index contributed by atoms with van der Waals surface area (Å²) in [6.07, 6.45) is -0.265. The average Bonchev–Trinajstić information content (AvgIpc) is 2.91. The van der Waals surface area contributed by atoms with Crippen molar-refractivity contribution in [2.75, 3.05) is 7.05 Å². The molecule has 1 amide bonds. The molecule has 0 aliphatic carbocycles. The lowest BCUT2D eigenvalue weighted by atomic mass is 10.2. The average molecular weight is 525 g/mol. The quantitative estimate of drug-likeness (QED) is 0.224. The van der Waals surface area contributed by atoms with Gasteiger partial charge in [0.05, 0.1) is 15.8 Å². The van der Waals surface area contributed by atoms with Crippen LogP contribution in [0.2, 0.25) is 0 Å². The fourth-order valence-electron chi connectivity index (χ4n) is 3.84. The highest BCUT2D eigenvalue weighted by atomic mass is 32.2. The van der Waals surface area contributed by atoms with Crippen molar-refractivity contribution in [3.05, 3.63) is 99.7 Å². The molecule has 1 heterocycles. The van der Waals surface area contributed by atoms with Crippen LogP contribution in [0.5, 0.6) is 11.5 Å². The van der Waals surface area contributed by atoms with E-state index in [-0.39, 0.29) is 23.2 Å². The Morgan fingerprint density at radius 1 is 1.00 bits per heavy atom. The number of nitrogens with zero attached hydrogens (tertiary/aromatic N) is 2. The van der Waals surface area contributed by atoms with Gasteiger partial charge >= 0.3 is 5.69 Å². The summed E-state index contributed by atoms with van der Waals surface area (Å²) in [5.41, 5.74) is 0.538. The van der Waals surface area contributed by atoms with Crippen LogP contribution in [0.3, 0.4) is 0 Å². The molecule has 0 bridgehead atoms. The summed E-state index contributed by atoms with van der Waals surface area (Å²) in [5.74, 6) is -0.0263. The number of carbonyl (C=O) groups is 1. The highest BCUT2D eigenvalue weighted by molar-refractivity contribution is 7.89. The van der Waals surface area contributed by atoms with Crippen molar-refractivity contribution in [1.82, 2.24) is 19.3 Å². The Morgan fingerprint density at radius 3 is 2.30 bits per heavy atom. The molecule has 0 fully saturated rings. The molecule has 0 aliphatic rings. The van der Waals surface area contributed by atoms with Crippen molar-refractivity contribution < 1.29 is 23.2 Å². The third kappa shape index (κ3) is 5.45. The largest absolute Gasteiger partial charge is 0.457 e. The summed E-state index contributed by atoms with van der Waals surface area (Å²) in [7, 11) is -3.03. The minimum absolute atomic E-state index is 0.119. The van der Waals surface area contributed by atoms with Gasteiger partial charge in [0.1, 0.15) is 17.5 Å². The number of sulfonamides is 1. The van der Waals surface area contributed by atoms with Crippen LogP contribution in [-0.2, 0) is 21.4 Å². The number of hydrogen-bond acceptors (Lipinski definition) is 7. The molecule has 11 nitrogen and oxygen atoms in total. The van der Waals surface area contributed by atoms with Gasteiger partial charge in [-0.05, 0) is 55.0 Å². The Hall–Kier alpha value is -4.26. The van der Waals surface area contributed by atoms with Crippen molar-refractivity contribution in [1.29, 1.82) is 0 Å². The number of fused-ring (bicyclic) bond motifs is 1. The van der Waals surface area contributed by atoms with Crippen LogP contribution in [0.25, 0.3) is 10.9 Å². The third-order valence-electron chi connectivity index (χ3n) is 5.85. The van der Waals surface area contributed by atoms with Crippen molar-refractivity contribution in [3.63, 3.8) is 0 Å². The van der Waals surface area contributed by atoms with E-state index in [1.807, 2.05) is 6.07 Å². The van der Waals surface area contributed by atoms with Gasteiger partial charge in [-0.15, -0.1) is 0 Å². The number of benzene rings is 3. The summed E-state index contributed by atoms with van der Waals surface area (Å²) in [6, 6.07) is 19.6. The maximum atomic E-state index is 13.3. The Labute approximate surface area is 211 Å². The van der Waals surface area contributed by atoms with Crippen LogP contribution in [0.1, 0.15) is 6.42 Å². The van der Waals surface area contributed by atoms with Gasteiger partial charge in [0, 0.05) is 13.6 Å². The van der Waals surface area contributed by atoms with Crippen molar-refractivity contribution in [3.8, 4) is 11.5 Å². The SMILES string of the molecule is CN(C(CCn1c(=O)[nH]c2ccccc2c1=O)C(=O)NO)S(=O)(=O)c1ccc(Oc2ccccc2)cc1. The Kier molecular flexibility index (Phi) is 7.53. The predicted octanol–water partition coefficient (Wildman–Crippen LogP) is 2.07. The highest BCUT2D eigenvalue weighted by Crippen LogP contribution is 2.25. The summed E-state index contributed by atoms with van der Waals surface area (Å²) in [5, 5.41) is 9.51. The van der Waals surface area contributed by atoms with Crippen molar-refractivity contribution in [2.24, 2.45) is 0 Å². The molecule has 3 aromatic carbocycles. The number of likely N-dealkylation sites (N-methyl/N-ethyl adjacent to an activating group) is 1. The van der Waals surface area contributed by atoms with Gasteiger partial charge in [-0.3, -0.25) is 19.4 Å². The van der Waals surface area contributed by atoms with E-state index in [1.54, 1.807) is 48.5 Å². The monoisotopic (exact) mass is 524 g/mol. The topological polar surface area (TPSA) is 151 Å². The molecule has 12 heteroatoms. The highest BCUT2D eigenvalue weighted by Gasteiger charge is 2.33. The zero-order valence-electron chi connectivity index (χ0n) is 19.7. The molecular weight excluding hydrogens is 500 g/mol. The van der Waals surface area contributed by atoms with Crippen molar-refractivity contribution >= 4 is 26.8 Å². The fraction of sp³-hybridized carbons (Fsp3) is 0.160. The van der Waals surface area contributed by atoms with E-state index in [0.717, 1.165) is 8.87 Å². The molecule has 192 valence electrons. The molecule has 0 radical (unpaired) electrons. The molecule has 1 unspecified atom stereocenters. The number of amides is 1. The lowest BCUT2D eigenvalue weighted by Gasteiger charge is -2.26. The fourth-order valence-corrected chi connectivity index (χ4v) is 5.19. The molecule has 0 spiro atoms. The van der Waals surface area contributed by atoms with Gasteiger partial charge in [0.2, 0.25) is 10.0 Å². The van der Waals surface area contributed by atoms with Crippen LogP contribution in [0.15, 0.2) is 93.3 Å². The van der Waals surface area contributed by atoms with E-state index in [9.17, 15) is 28.0 Å². The summed E-state index contributed by atoms with van der Waals surface area (Å²) >= 11 is 0. The minimum atomic E-state index is -4.21. The van der Waals surface area contributed by atoms with E-state index < -0.39 is 33.2 Å². The first-order valence-electron chi connectivity index (χ1n) is 11.2. The number of hydrogen-bond donors (Lipinski definition) is 3. The molecule has 0 saturated carbocycles. The second-order valence-electron chi connectivity index (χ2n) is 8.12. The molecule has 37 heavy (non-hydrogen) atoms. The number of nitrogens with one attached hydrogen (secondary N) is 2. The number of H-pyrrole nitrogens is 1. The number of carbonyl (C=O) groups excluding carboxylic acids is 1. The van der Waals surface area contributed by atoms with Gasteiger partial charge in [-0.2, -0.15) is 4.31 Å². The second kappa shape index (κ2) is 10.8. The first kappa shape index (κ1) is 25.8. The number of para-hydroxylation sites is 2.